The van der Waals surface area contributed by atoms with E-state index in [4.69, 9.17) is 0 Å². The number of phenols is 1. The fourth-order valence-electron chi connectivity index (χ4n) is 1.80. The Morgan fingerprint density at radius 1 is 1.40 bits per heavy atom. The molecule has 0 aliphatic carbocycles. The number of pyridine rings is 1. The number of aromatic nitrogens is 1. The van der Waals surface area contributed by atoms with Gasteiger partial charge in [-0.1, -0.05) is 16.2 Å². The van der Waals surface area contributed by atoms with Gasteiger partial charge in [0.2, 0.25) is 0 Å². The van der Waals surface area contributed by atoms with E-state index >= 15 is 0 Å². The first-order chi connectivity index (χ1) is 7.13. The van der Waals surface area contributed by atoms with Crippen LogP contribution in [0.25, 0.3) is 10.9 Å². The Morgan fingerprint density at radius 3 is 2.80 bits per heavy atom. The zero-order valence-electron chi connectivity index (χ0n) is 8.91. The molecule has 1 unspecified atom stereocenters. The Balaban J connectivity index is 2.89. The number of aromatic hydroxyl groups is 1. The first-order valence-corrected chi connectivity index (χ1v) is 5.59. The topological polar surface area (TPSA) is 33.1 Å². The highest BCUT2D eigenvalue weighted by Gasteiger charge is 2.07. The van der Waals surface area contributed by atoms with Crippen LogP contribution in [-0.2, 0) is 6.42 Å². The fourth-order valence-corrected chi connectivity index (χ4v) is 2.13. The van der Waals surface area contributed by atoms with Crippen molar-refractivity contribution < 1.29 is 5.11 Å². The molecule has 3 heteroatoms. The lowest BCUT2D eigenvalue weighted by Gasteiger charge is -2.08. The molecule has 0 fully saturated rings. The summed E-state index contributed by atoms with van der Waals surface area (Å²) in [6, 6.07) is 5.75. The molecule has 78 valence electrons. The number of aryl methyl sites for hydroxylation is 2. The van der Waals surface area contributed by atoms with Crippen LogP contribution < -0.4 is 5.44 Å². The molecule has 2 rings (SSSR count). The van der Waals surface area contributed by atoms with E-state index in [1.54, 1.807) is 6.07 Å². The molecule has 0 spiro atoms. The fraction of sp³-hybridized carbons (Fsp3) is 0.250. The molecule has 0 saturated heterocycles. The summed E-state index contributed by atoms with van der Waals surface area (Å²) in [6.07, 6.45) is 0.977. The summed E-state index contributed by atoms with van der Waals surface area (Å²) in [5.74, 6) is 0.313. The summed E-state index contributed by atoms with van der Waals surface area (Å²) < 4.78 is 0. The van der Waals surface area contributed by atoms with Crippen molar-refractivity contribution in [3.63, 3.8) is 0 Å². The van der Waals surface area contributed by atoms with E-state index in [1.807, 2.05) is 13.0 Å². The van der Waals surface area contributed by atoms with Crippen molar-refractivity contribution in [2.45, 2.75) is 20.3 Å². The SMILES string of the molecule is CCc1cc(P)nc2c(C)c(O)ccc12. The lowest BCUT2D eigenvalue weighted by molar-refractivity contribution is 0.472. The summed E-state index contributed by atoms with van der Waals surface area (Å²) in [6.45, 7) is 4.02. The number of benzene rings is 1. The largest absolute Gasteiger partial charge is 0.508 e. The van der Waals surface area contributed by atoms with Crippen molar-refractivity contribution in [3.05, 3.63) is 29.3 Å². The first kappa shape index (κ1) is 10.4. The summed E-state index contributed by atoms with van der Waals surface area (Å²) >= 11 is 0. The van der Waals surface area contributed by atoms with E-state index < -0.39 is 0 Å². The van der Waals surface area contributed by atoms with Gasteiger partial charge in [0.25, 0.3) is 0 Å². The smallest absolute Gasteiger partial charge is 0.120 e. The normalized spacial score (nSPS) is 10.9. The standard InChI is InChI=1S/C12H14NOP/c1-3-8-6-11(15)13-12-7(2)10(14)5-4-9(8)12/h4-6,14H,3,15H2,1-2H3. The highest BCUT2D eigenvalue weighted by Crippen LogP contribution is 2.26. The summed E-state index contributed by atoms with van der Waals surface area (Å²) in [5, 5.41) is 10.8. The molecule has 0 aliphatic heterocycles. The number of hydrogen-bond donors (Lipinski definition) is 1. The number of rotatable bonds is 1. The molecule has 1 heterocycles. The van der Waals surface area contributed by atoms with Gasteiger partial charge < -0.3 is 5.11 Å². The molecule has 15 heavy (non-hydrogen) atoms. The van der Waals surface area contributed by atoms with Gasteiger partial charge in [0, 0.05) is 10.9 Å². The molecule has 1 N–H and O–H groups in total. The Morgan fingerprint density at radius 2 is 2.13 bits per heavy atom. The van der Waals surface area contributed by atoms with Crippen LogP contribution in [0.4, 0.5) is 0 Å². The average Bonchev–Trinajstić information content (AvgIpc) is 2.23. The predicted octanol–water partition coefficient (Wildman–Crippen LogP) is 2.31. The van der Waals surface area contributed by atoms with Crippen LogP contribution in [0, 0.1) is 6.92 Å². The van der Waals surface area contributed by atoms with Crippen LogP contribution in [-0.4, -0.2) is 10.1 Å². The van der Waals surface area contributed by atoms with Gasteiger partial charge in [-0.15, -0.1) is 0 Å². The molecule has 0 saturated carbocycles. The van der Waals surface area contributed by atoms with E-state index in [1.165, 1.54) is 5.56 Å². The maximum absolute atomic E-state index is 9.62. The second-order valence-electron chi connectivity index (χ2n) is 3.67. The van der Waals surface area contributed by atoms with Gasteiger partial charge in [-0.25, -0.2) is 4.98 Å². The second-order valence-corrected chi connectivity index (χ2v) is 4.26. The van der Waals surface area contributed by atoms with Crippen molar-refractivity contribution in [3.8, 4) is 5.75 Å². The molecule has 0 bridgehead atoms. The zero-order valence-corrected chi connectivity index (χ0v) is 10.1. The quantitative estimate of drug-likeness (QED) is 0.746. The Labute approximate surface area is 91.6 Å². The minimum atomic E-state index is 0.313. The van der Waals surface area contributed by atoms with Crippen molar-refractivity contribution in [2.24, 2.45) is 0 Å². The first-order valence-electron chi connectivity index (χ1n) is 5.01. The van der Waals surface area contributed by atoms with Gasteiger partial charge in [-0.05, 0) is 37.1 Å². The van der Waals surface area contributed by atoms with Crippen LogP contribution in [0.15, 0.2) is 18.2 Å². The van der Waals surface area contributed by atoms with Gasteiger partial charge in [0.1, 0.15) is 5.75 Å². The lowest BCUT2D eigenvalue weighted by Crippen LogP contribution is -2.02. The highest BCUT2D eigenvalue weighted by molar-refractivity contribution is 7.26. The summed E-state index contributed by atoms with van der Waals surface area (Å²) in [7, 11) is 2.61. The molecule has 2 aromatic rings. The maximum Gasteiger partial charge on any atom is 0.120 e. The minimum Gasteiger partial charge on any atom is -0.508 e. The third-order valence-corrected chi connectivity index (χ3v) is 2.99. The molecule has 1 aromatic heterocycles. The van der Waals surface area contributed by atoms with Gasteiger partial charge in [-0.3, -0.25) is 0 Å². The van der Waals surface area contributed by atoms with Crippen LogP contribution in [0.5, 0.6) is 5.75 Å². The van der Waals surface area contributed by atoms with Gasteiger partial charge in [-0.2, -0.15) is 0 Å². The summed E-state index contributed by atoms with van der Waals surface area (Å²) in [4.78, 5) is 4.45. The van der Waals surface area contributed by atoms with E-state index in [9.17, 15) is 5.11 Å². The summed E-state index contributed by atoms with van der Waals surface area (Å²) in [5.41, 5.74) is 3.95. The second kappa shape index (κ2) is 3.79. The molecular formula is C12H14NOP. The third-order valence-electron chi connectivity index (χ3n) is 2.69. The zero-order chi connectivity index (χ0) is 11.0. The Kier molecular flexibility index (Phi) is 2.62. The number of phenolic OH excluding ortho intramolecular Hbond substituents is 1. The molecule has 0 radical (unpaired) electrons. The van der Waals surface area contributed by atoms with Crippen molar-refractivity contribution in [1.29, 1.82) is 0 Å². The number of nitrogens with zero attached hydrogens (tertiary/aromatic N) is 1. The van der Waals surface area contributed by atoms with Crippen molar-refractivity contribution in [1.82, 2.24) is 4.98 Å². The van der Waals surface area contributed by atoms with Crippen molar-refractivity contribution >= 4 is 25.6 Å². The van der Waals surface area contributed by atoms with Gasteiger partial charge in [0.15, 0.2) is 0 Å². The van der Waals surface area contributed by atoms with Crippen LogP contribution in [0.2, 0.25) is 0 Å². The van der Waals surface area contributed by atoms with Crippen LogP contribution in [0.1, 0.15) is 18.1 Å². The third kappa shape index (κ3) is 1.70. The van der Waals surface area contributed by atoms with E-state index in [2.05, 4.69) is 27.2 Å². The monoisotopic (exact) mass is 219 g/mol. The minimum absolute atomic E-state index is 0.313. The predicted molar refractivity (Wildman–Crippen MR) is 66.9 cm³/mol. The van der Waals surface area contributed by atoms with Crippen molar-refractivity contribution in [2.75, 3.05) is 0 Å². The van der Waals surface area contributed by atoms with E-state index in [0.717, 1.165) is 28.3 Å². The molecular weight excluding hydrogens is 205 g/mol. The van der Waals surface area contributed by atoms with E-state index in [0.29, 0.717) is 5.75 Å². The van der Waals surface area contributed by atoms with Crippen LogP contribution >= 0.6 is 9.24 Å². The highest BCUT2D eigenvalue weighted by atomic mass is 31.0. The average molecular weight is 219 g/mol. The molecule has 2 nitrogen and oxygen atoms in total. The lowest BCUT2D eigenvalue weighted by atomic mass is 10.0. The molecule has 1 atom stereocenters. The van der Waals surface area contributed by atoms with E-state index in [-0.39, 0.29) is 0 Å². The Hall–Kier alpha value is -1.14. The molecule has 1 aromatic carbocycles. The molecule has 0 amide bonds. The van der Waals surface area contributed by atoms with Gasteiger partial charge >= 0.3 is 0 Å². The van der Waals surface area contributed by atoms with Gasteiger partial charge in [0.05, 0.1) is 11.0 Å². The number of hydrogen-bond acceptors (Lipinski definition) is 2. The van der Waals surface area contributed by atoms with Crippen LogP contribution in [0.3, 0.4) is 0 Å². The number of fused-ring (bicyclic) bond motifs is 1. The molecule has 0 aliphatic rings. The Bertz CT molecular complexity index is 523. The maximum atomic E-state index is 9.62.